The molecule has 12 heteroatoms. The van der Waals surface area contributed by atoms with Crippen molar-refractivity contribution in [2.75, 3.05) is 33.3 Å². The highest BCUT2D eigenvalue weighted by atomic mass is 32.2. The van der Waals surface area contributed by atoms with E-state index in [0.29, 0.717) is 23.9 Å². The van der Waals surface area contributed by atoms with Crippen molar-refractivity contribution >= 4 is 31.4 Å². The van der Waals surface area contributed by atoms with Gasteiger partial charge in [0, 0.05) is 37.5 Å². The fourth-order valence-electron chi connectivity index (χ4n) is 4.95. The minimum absolute atomic E-state index is 0.0355. The Kier molecular flexibility index (Phi) is 12.0. The Morgan fingerprint density at radius 3 is 2.23 bits per heavy atom. The molecule has 0 radical (unpaired) electrons. The van der Waals surface area contributed by atoms with Gasteiger partial charge in [0.05, 0.1) is 28.8 Å². The first-order valence-corrected chi connectivity index (χ1v) is 18.0. The molecule has 3 rings (SSSR count). The Labute approximate surface area is 244 Å². The standard InChI is InChI=1S/C28H45N3O6S3/c1-21(2)16-31(40(35,36)27-12-10-26(37-5)11-13-27)18-25(32)14-15-30(17-23-8-6-7-9-23)39(33,34)20-24-19-38-28(29-24)22(3)4/h10-13,19,21-23,25,32H,6-9,14-18,20H2,1-5H3/t25-/m0/s1. The lowest BCUT2D eigenvalue weighted by Crippen LogP contribution is -2.42. The summed E-state index contributed by atoms with van der Waals surface area (Å²) < 4.78 is 61.9. The van der Waals surface area contributed by atoms with E-state index >= 15 is 0 Å². The van der Waals surface area contributed by atoms with Crippen LogP contribution in [0.5, 0.6) is 5.75 Å². The van der Waals surface area contributed by atoms with Crippen molar-refractivity contribution in [1.82, 2.24) is 13.6 Å². The van der Waals surface area contributed by atoms with E-state index in [1.807, 2.05) is 33.1 Å². The molecular weight excluding hydrogens is 571 g/mol. The predicted octanol–water partition coefficient (Wildman–Crippen LogP) is 4.70. The largest absolute Gasteiger partial charge is 0.497 e. The topological polar surface area (TPSA) is 117 Å². The normalized spacial score (nSPS) is 16.1. The SMILES string of the molecule is COc1ccc(S(=O)(=O)N(CC(C)C)C[C@@H](O)CCN(CC2CCCC2)S(=O)(=O)Cc2csc(C(C)C)n2)cc1. The molecule has 1 saturated carbocycles. The van der Waals surface area contributed by atoms with E-state index in [0.717, 1.165) is 30.7 Å². The zero-order valence-electron chi connectivity index (χ0n) is 24.3. The third-order valence-corrected chi connectivity index (χ3v) is 11.9. The van der Waals surface area contributed by atoms with Gasteiger partial charge in [-0.1, -0.05) is 40.5 Å². The van der Waals surface area contributed by atoms with Crippen molar-refractivity contribution in [2.45, 2.75) is 82.5 Å². The molecule has 1 atom stereocenters. The molecule has 0 saturated heterocycles. The lowest BCUT2D eigenvalue weighted by atomic mass is 10.1. The molecule has 0 aliphatic heterocycles. The zero-order valence-corrected chi connectivity index (χ0v) is 26.8. The molecule has 0 spiro atoms. The second kappa shape index (κ2) is 14.6. The van der Waals surface area contributed by atoms with Crippen molar-refractivity contribution in [3.63, 3.8) is 0 Å². The lowest BCUT2D eigenvalue weighted by molar-refractivity contribution is 0.125. The van der Waals surface area contributed by atoms with Crippen molar-refractivity contribution in [2.24, 2.45) is 11.8 Å². The third-order valence-electron chi connectivity index (χ3n) is 7.12. The summed E-state index contributed by atoms with van der Waals surface area (Å²) in [6.07, 6.45) is 3.28. The van der Waals surface area contributed by atoms with E-state index in [4.69, 9.17) is 4.74 Å². The van der Waals surface area contributed by atoms with E-state index in [1.54, 1.807) is 12.1 Å². The summed E-state index contributed by atoms with van der Waals surface area (Å²) in [5, 5.41) is 13.7. The summed E-state index contributed by atoms with van der Waals surface area (Å²) in [6, 6.07) is 6.17. The first kappa shape index (κ1) is 32.9. The van der Waals surface area contributed by atoms with Gasteiger partial charge in [0.1, 0.15) is 11.5 Å². The molecule has 1 aliphatic carbocycles. The summed E-state index contributed by atoms with van der Waals surface area (Å²) >= 11 is 1.47. The highest BCUT2D eigenvalue weighted by Crippen LogP contribution is 2.28. The molecular formula is C28H45N3O6S3. The maximum atomic E-state index is 13.5. The highest BCUT2D eigenvalue weighted by Gasteiger charge is 2.31. The molecule has 1 aromatic carbocycles. The first-order chi connectivity index (χ1) is 18.8. The minimum atomic E-state index is -3.87. The van der Waals surface area contributed by atoms with E-state index in [9.17, 15) is 21.9 Å². The Hall–Kier alpha value is -1.57. The molecule has 40 heavy (non-hydrogen) atoms. The average molecular weight is 616 g/mol. The van der Waals surface area contributed by atoms with Crippen LogP contribution in [0.1, 0.15) is 76.4 Å². The van der Waals surface area contributed by atoms with Gasteiger partial charge in [-0.05, 0) is 55.4 Å². The van der Waals surface area contributed by atoms with Gasteiger partial charge < -0.3 is 9.84 Å². The maximum Gasteiger partial charge on any atom is 0.243 e. The van der Waals surface area contributed by atoms with Gasteiger partial charge in [-0.3, -0.25) is 0 Å². The minimum Gasteiger partial charge on any atom is -0.497 e. The molecule has 0 amide bonds. The summed E-state index contributed by atoms with van der Waals surface area (Å²) in [4.78, 5) is 4.64. The van der Waals surface area contributed by atoms with Crippen LogP contribution >= 0.6 is 11.3 Å². The fraction of sp³-hybridized carbons (Fsp3) is 0.679. The van der Waals surface area contributed by atoms with Crippen molar-refractivity contribution in [3.05, 3.63) is 40.3 Å². The van der Waals surface area contributed by atoms with Crippen LogP contribution in [0.3, 0.4) is 0 Å². The number of hydrogen-bond acceptors (Lipinski definition) is 8. The van der Waals surface area contributed by atoms with E-state index < -0.39 is 26.2 Å². The van der Waals surface area contributed by atoms with E-state index in [1.165, 1.54) is 39.2 Å². The van der Waals surface area contributed by atoms with Gasteiger partial charge in [-0.15, -0.1) is 11.3 Å². The molecule has 9 nitrogen and oxygen atoms in total. The van der Waals surface area contributed by atoms with Gasteiger partial charge in [0.25, 0.3) is 0 Å². The van der Waals surface area contributed by atoms with Crippen LogP contribution in [0.15, 0.2) is 34.5 Å². The number of hydrogen-bond donors (Lipinski definition) is 1. The number of thiazole rings is 1. The van der Waals surface area contributed by atoms with Crippen molar-refractivity contribution < 1.29 is 26.7 Å². The van der Waals surface area contributed by atoms with Crippen LogP contribution in [0.4, 0.5) is 0 Å². The molecule has 226 valence electrons. The van der Waals surface area contributed by atoms with Crippen molar-refractivity contribution in [3.8, 4) is 5.75 Å². The maximum absolute atomic E-state index is 13.5. The van der Waals surface area contributed by atoms with E-state index in [2.05, 4.69) is 4.98 Å². The lowest BCUT2D eigenvalue weighted by Gasteiger charge is -2.29. The number of ether oxygens (including phenoxy) is 1. The second-order valence-corrected chi connectivity index (χ2v) is 16.2. The van der Waals surface area contributed by atoms with Crippen LogP contribution in [0.2, 0.25) is 0 Å². The molecule has 1 N–H and O–H groups in total. The molecule has 1 aliphatic rings. The van der Waals surface area contributed by atoms with Crippen LogP contribution < -0.4 is 4.74 Å². The van der Waals surface area contributed by atoms with Gasteiger partial charge in [0.2, 0.25) is 20.0 Å². The Bertz CT molecular complexity index is 1270. The fourth-order valence-corrected chi connectivity index (χ4v) is 9.06. The number of methoxy groups -OCH3 is 1. The smallest absolute Gasteiger partial charge is 0.243 e. The molecule has 1 fully saturated rings. The van der Waals surface area contributed by atoms with Crippen LogP contribution in [-0.2, 0) is 25.8 Å². The molecule has 1 aromatic heterocycles. The number of rotatable bonds is 16. The molecule has 1 heterocycles. The number of aliphatic hydroxyl groups is 1. The number of nitrogens with zero attached hydrogens (tertiary/aromatic N) is 3. The molecule has 2 aromatic rings. The van der Waals surface area contributed by atoms with Crippen LogP contribution in [0.25, 0.3) is 0 Å². The summed E-state index contributed by atoms with van der Waals surface area (Å²) in [5.74, 6) is 0.935. The number of aliphatic hydroxyl groups excluding tert-OH is 1. The third kappa shape index (κ3) is 9.22. The second-order valence-electron chi connectivity index (χ2n) is 11.4. The first-order valence-electron chi connectivity index (χ1n) is 14.1. The van der Waals surface area contributed by atoms with Gasteiger partial charge in [-0.2, -0.15) is 4.31 Å². The Morgan fingerprint density at radius 1 is 1.02 bits per heavy atom. The molecule has 0 unspecified atom stereocenters. The number of sulfonamides is 2. The summed E-state index contributed by atoms with van der Waals surface area (Å²) in [6.45, 7) is 8.55. The van der Waals surface area contributed by atoms with E-state index in [-0.39, 0.29) is 48.5 Å². The van der Waals surface area contributed by atoms with Gasteiger partial charge >= 0.3 is 0 Å². The average Bonchev–Trinajstić information content (AvgIpc) is 3.58. The van der Waals surface area contributed by atoms with Gasteiger partial charge in [0.15, 0.2) is 0 Å². The highest BCUT2D eigenvalue weighted by molar-refractivity contribution is 7.89. The Balaban J connectivity index is 1.73. The van der Waals surface area contributed by atoms with Crippen molar-refractivity contribution in [1.29, 1.82) is 0 Å². The summed E-state index contributed by atoms with van der Waals surface area (Å²) in [7, 11) is -6.03. The monoisotopic (exact) mass is 615 g/mol. The zero-order chi connectivity index (χ0) is 29.5. The summed E-state index contributed by atoms with van der Waals surface area (Å²) in [5.41, 5.74) is 0.541. The number of aromatic nitrogens is 1. The van der Waals surface area contributed by atoms with Crippen LogP contribution in [-0.4, -0.2) is 74.9 Å². The Morgan fingerprint density at radius 2 is 1.68 bits per heavy atom. The molecule has 0 bridgehead atoms. The quantitative estimate of drug-likeness (QED) is 0.291. The number of benzene rings is 1. The predicted molar refractivity (Wildman–Crippen MR) is 160 cm³/mol. The van der Waals surface area contributed by atoms with Crippen LogP contribution in [0, 0.1) is 11.8 Å². The van der Waals surface area contributed by atoms with Gasteiger partial charge in [-0.25, -0.2) is 26.1 Å².